The first-order valence-corrected chi connectivity index (χ1v) is 3.11. The molecular weight excluding hydrogens is 118 g/mol. The van der Waals surface area contributed by atoms with Gasteiger partial charge in [0.2, 0.25) is 0 Å². The number of ether oxygens (including phenoxy) is 1. The largest absolute Gasteiger partial charge is 0.372 e. The van der Waals surface area contributed by atoms with E-state index in [1.165, 1.54) is 0 Å². The van der Waals surface area contributed by atoms with Crippen molar-refractivity contribution in [3.8, 4) is 0 Å². The van der Waals surface area contributed by atoms with Crippen LogP contribution in [0.4, 0.5) is 0 Å². The van der Waals surface area contributed by atoms with Crippen LogP contribution >= 0.6 is 0 Å². The zero-order valence-corrected chi connectivity index (χ0v) is 5.52. The van der Waals surface area contributed by atoms with Crippen LogP contribution in [0.25, 0.3) is 0 Å². The zero-order chi connectivity index (χ0) is 6.69. The van der Waals surface area contributed by atoms with Crippen molar-refractivity contribution in [2.45, 2.75) is 12.5 Å². The number of ketones is 1. The molecule has 0 saturated carbocycles. The Balaban J connectivity index is 2.39. The Morgan fingerprint density at radius 1 is 1.78 bits per heavy atom. The number of rotatable bonds is 1. The van der Waals surface area contributed by atoms with E-state index >= 15 is 0 Å². The summed E-state index contributed by atoms with van der Waals surface area (Å²) in [5.41, 5.74) is 0. The second-order valence-electron chi connectivity index (χ2n) is 2.14. The van der Waals surface area contributed by atoms with E-state index < -0.39 is 0 Å². The highest BCUT2D eigenvalue weighted by Crippen LogP contribution is 1.99. The average Bonchev–Trinajstić information content (AvgIpc) is 1.89. The highest BCUT2D eigenvalue weighted by Gasteiger charge is 2.20. The number of hydrogen-bond acceptors (Lipinski definition) is 3. The number of nitrogens with one attached hydrogen (secondary N) is 1. The Hall–Kier alpha value is -0.410. The maximum absolute atomic E-state index is 10.9. The van der Waals surface area contributed by atoms with Crippen LogP contribution in [0.3, 0.4) is 0 Å². The molecule has 0 aliphatic carbocycles. The fourth-order valence-electron chi connectivity index (χ4n) is 0.934. The maximum Gasteiger partial charge on any atom is 0.164 e. The number of piperidine rings is 1. The zero-order valence-electron chi connectivity index (χ0n) is 5.52. The van der Waals surface area contributed by atoms with E-state index in [-0.39, 0.29) is 11.9 Å². The molecule has 1 aliphatic heterocycles. The molecule has 0 aromatic heterocycles. The maximum atomic E-state index is 10.9. The minimum absolute atomic E-state index is 0.196. The minimum atomic E-state index is -0.196. The molecule has 9 heavy (non-hydrogen) atoms. The first-order valence-electron chi connectivity index (χ1n) is 3.11. The van der Waals surface area contributed by atoms with E-state index in [2.05, 4.69) is 5.32 Å². The van der Waals surface area contributed by atoms with E-state index in [1.54, 1.807) is 7.11 Å². The van der Waals surface area contributed by atoms with Crippen molar-refractivity contribution >= 4 is 5.78 Å². The van der Waals surface area contributed by atoms with Crippen LogP contribution in [0.5, 0.6) is 0 Å². The lowest BCUT2D eigenvalue weighted by Crippen LogP contribution is -2.41. The van der Waals surface area contributed by atoms with Gasteiger partial charge in [-0.1, -0.05) is 0 Å². The molecule has 1 atom stereocenters. The molecule has 1 N–H and O–H groups in total. The van der Waals surface area contributed by atoms with E-state index in [9.17, 15) is 4.79 Å². The predicted octanol–water partition coefficient (Wildman–Crippen LogP) is -0.436. The van der Waals surface area contributed by atoms with Crippen molar-refractivity contribution in [2.24, 2.45) is 0 Å². The van der Waals surface area contributed by atoms with Gasteiger partial charge in [-0.3, -0.25) is 4.79 Å². The summed E-state index contributed by atoms with van der Waals surface area (Å²) in [5, 5.41) is 3.07. The lowest BCUT2D eigenvalue weighted by atomic mass is 10.1. The van der Waals surface area contributed by atoms with Crippen LogP contribution in [0, 0.1) is 0 Å². The third kappa shape index (κ3) is 1.50. The van der Waals surface area contributed by atoms with Crippen LogP contribution in [-0.4, -0.2) is 32.1 Å². The number of methoxy groups -OCH3 is 1. The van der Waals surface area contributed by atoms with Gasteiger partial charge in [0, 0.05) is 26.6 Å². The summed E-state index contributed by atoms with van der Waals surface area (Å²) in [5.74, 6) is 0.219. The first-order chi connectivity index (χ1) is 4.34. The molecule has 1 heterocycles. The Morgan fingerprint density at radius 3 is 3.00 bits per heavy atom. The van der Waals surface area contributed by atoms with Crippen molar-refractivity contribution in [1.82, 2.24) is 5.32 Å². The molecule has 3 heteroatoms. The van der Waals surface area contributed by atoms with E-state index in [0.29, 0.717) is 13.0 Å². The molecule has 0 radical (unpaired) electrons. The van der Waals surface area contributed by atoms with Gasteiger partial charge in [0.25, 0.3) is 0 Å². The average molecular weight is 129 g/mol. The molecule has 0 spiro atoms. The van der Waals surface area contributed by atoms with Gasteiger partial charge in [-0.15, -0.1) is 0 Å². The highest BCUT2D eigenvalue weighted by atomic mass is 16.5. The highest BCUT2D eigenvalue weighted by molar-refractivity contribution is 5.84. The quantitative estimate of drug-likeness (QED) is 0.522. The topological polar surface area (TPSA) is 38.3 Å². The van der Waals surface area contributed by atoms with Gasteiger partial charge in [0.05, 0.1) is 0 Å². The van der Waals surface area contributed by atoms with Gasteiger partial charge in [-0.25, -0.2) is 0 Å². The summed E-state index contributed by atoms with van der Waals surface area (Å²) in [4.78, 5) is 10.9. The summed E-state index contributed by atoms with van der Waals surface area (Å²) >= 11 is 0. The van der Waals surface area contributed by atoms with E-state index in [1.807, 2.05) is 0 Å². The number of hydrogen-bond donors (Lipinski definition) is 1. The van der Waals surface area contributed by atoms with E-state index in [0.717, 1.165) is 6.54 Å². The summed E-state index contributed by atoms with van der Waals surface area (Å²) < 4.78 is 4.89. The normalized spacial score (nSPS) is 28.6. The molecule has 0 amide bonds. The lowest BCUT2D eigenvalue weighted by Gasteiger charge is -2.19. The third-order valence-corrected chi connectivity index (χ3v) is 1.52. The molecule has 52 valence electrons. The van der Waals surface area contributed by atoms with Gasteiger partial charge < -0.3 is 10.1 Å². The molecule has 1 aliphatic rings. The summed E-state index contributed by atoms with van der Waals surface area (Å²) in [6.45, 7) is 1.48. The van der Waals surface area contributed by atoms with Crippen molar-refractivity contribution < 1.29 is 9.53 Å². The third-order valence-electron chi connectivity index (χ3n) is 1.52. The number of carbonyl (C=O) groups excluding carboxylic acids is 1. The fraction of sp³-hybridized carbons (Fsp3) is 0.833. The van der Waals surface area contributed by atoms with Crippen LogP contribution in [0.1, 0.15) is 6.42 Å². The molecule has 0 bridgehead atoms. The van der Waals surface area contributed by atoms with Crippen molar-refractivity contribution in [3.05, 3.63) is 0 Å². The minimum Gasteiger partial charge on any atom is -0.372 e. The second kappa shape index (κ2) is 2.94. The van der Waals surface area contributed by atoms with Crippen LogP contribution in [0.15, 0.2) is 0 Å². The first kappa shape index (κ1) is 6.71. The summed E-state index contributed by atoms with van der Waals surface area (Å²) in [6.07, 6.45) is 0.414. The SMILES string of the molecule is COC1CNCCC1=O. The van der Waals surface area contributed by atoms with E-state index in [4.69, 9.17) is 4.74 Å². The molecule has 1 rings (SSSR count). The smallest absolute Gasteiger partial charge is 0.164 e. The number of carbonyl (C=O) groups is 1. The Labute approximate surface area is 54.4 Å². The van der Waals surface area contributed by atoms with Gasteiger partial charge in [0.1, 0.15) is 6.10 Å². The second-order valence-corrected chi connectivity index (χ2v) is 2.14. The Bertz CT molecular complexity index is 114. The summed E-state index contributed by atoms with van der Waals surface area (Å²) in [6, 6.07) is 0. The van der Waals surface area contributed by atoms with Crippen molar-refractivity contribution in [1.29, 1.82) is 0 Å². The van der Waals surface area contributed by atoms with Gasteiger partial charge in [-0.2, -0.15) is 0 Å². The van der Waals surface area contributed by atoms with Crippen LogP contribution in [0.2, 0.25) is 0 Å². The fourth-order valence-corrected chi connectivity index (χ4v) is 0.934. The molecule has 1 saturated heterocycles. The number of Topliss-reactive ketones (excluding diaryl/α,β-unsaturated/α-hetero) is 1. The molecular formula is C6H11NO2. The Morgan fingerprint density at radius 2 is 2.56 bits per heavy atom. The predicted molar refractivity (Wildman–Crippen MR) is 33.3 cm³/mol. The summed E-state index contributed by atoms with van der Waals surface area (Å²) in [7, 11) is 1.57. The van der Waals surface area contributed by atoms with Crippen LogP contribution < -0.4 is 5.32 Å². The molecule has 0 aromatic carbocycles. The van der Waals surface area contributed by atoms with Crippen molar-refractivity contribution in [2.75, 3.05) is 20.2 Å². The monoisotopic (exact) mass is 129 g/mol. The van der Waals surface area contributed by atoms with Gasteiger partial charge in [-0.05, 0) is 0 Å². The molecule has 1 unspecified atom stereocenters. The Kier molecular flexibility index (Phi) is 2.19. The molecule has 3 nitrogen and oxygen atoms in total. The lowest BCUT2D eigenvalue weighted by molar-refractivity contribution is -0.130. The standard InChI is InChI=1S/C6H11NO2/c1-9-6-4-7-3-2-5(6)8/h6-7H,2-4H2,1H3. The van der Waals surface area contributed by atoms with Gasteiger partial charge in [0.15, 0.2) is 5.78 Å². The van der Waals surface area contributed by atoms with Crippen LogP contribution in [-0.2, 0) is 9.53 Å². The molecule has 1 fully saturated rings. The van der Waals surface area contributed by atoms with Crippen molar-refractivity contribution in [3.63, 3.8) is 0 Å². The van der Waals surface area contributed by atoms with Gasteiger partial charge >= 0.3 is 0 Å². The molecule has 0 aromatic rings.